The van der Waals surface area contributed by atoms with Gasteiger partial charge in [0, 0.05) is 19.1 Å². The molecular formula is C13H28N2O3S. The van der Waals surface area contributed by atoms with Crippen molar-refractivity contribution in [2.24, 2.45) is 11.7 Å². The molecule has 2 atom stereocenters. The Morgan fingerprint density at radius 2 is 2.05 bits per heavy atom. The zero-order chi connectivity index (χ0) is 14.7. The van der Waals surface area contributed by atoms with E-state index in [0.717, 1.165) is 19.3 Å². The molecule has 0 aromatic carbocycles. The third-order valence-electron chi connectivity index (χ3n) is 3.32. The molecule has 1 rings (SSSR count). The molecule has 0 aromatic heterocycles. The Labute approximate surface area is 117 Å². The largest absolute Gasteiger partial charge is 0.374 e. The first kappa shape index (κ1) is 16.9. The smallest absolute Gasteiger partial charge is 0.211 e. The minimum atomic E-state index is -3.07. The van der Waals surface area contributed by atoms with Crippen molar-refractivity contribution in [2.45, 2.75) is 51.7 Å². The maximum absolute atomic E-state index is 11.5. The van der Waals surface area contributed by atoms with Crippen molar-refractivity contribution < 1.29 is 13.2 Å². The number of hydrogen-bond donors (Lipinski definition) is 1. The van der Waals surface area contributed by atoms with Crippen LogP contribution >= 0.6 is 0 Å². The normalized spacial score (nSPS) is 24.4. The first-order chi connectivity index (χ1) is 8.58. The van der Waals surface area contributed by atoms with Crippen molar-refractivity contribution in [2.75, 3.05) is 26.0 Å². The summed E-state index contributed by atoms with van der Waals surface area (Å²) in [7, 11) is -3.07. The number of sulfonamides is 1. The summed E-state index contributed by atoms with van der Waals surface area (Å²) in [6.07, 6.45) is 4.07. The first-order valence-corrected chi connectivity index (χ1v) is 8.77. The third-order valence-corrected chi connectivity index (χ3v) is 4.59. The van der Waals surface area contributed by atoms with Crippen molar-refractivity contribution in [3.05, 3.63) is 0 Å². The molecule has 1 aliphatic rings. The molecule has 2 N–H and O–H groups in total. The van der Waals surface area contributed by atoms with E-state index >= 15 is 0 Å². The Kier molecular flexibility index (Phi) is 5.79. The molecule has 0 saturated carbocycles. The molecule has 2 unspecified atom stereocenters. The maximum Gasteiger partial charge on any atom is 0.211 e. The predicted molar refractivity (Wildman–Crippen MR) is 77.4 cm³/mol. The van der Waals surface area contributed by atoms with Crippen LogP contribution in [0.15, 0.2) is 0 Å². The van der Waals surface area contributed by atoms with Crippen LogP contribution < -0.4 is 5.73 Å². The highest BCUT2D eigenvalue weighted by molar-refractivity contribution is 7.88. The Hall–Kier alpha value is -0.170. The molecule has 1 heterocycles. The first-order valence-electron chi connectivity index (χ1n) is 6.92. The van der Waals surface area contributed by atoms with E-state index in [1.807, 2.05) is 20.8 Å². The molecule has 1 fully saturated rings. The monoisotopic (exact) mass is 292 g/mol. The number of nitrogens with two attached hydrogens (primary N) is 1. The van der Waals surface area contributed by atoms with Gasteiger partial charge in [0.05, 0.1) is 18.5 Å². The molecular weight excluding hydrogens is 264 g/mol. The second-order valence-electron chi connectivity index (χ2n) is 6.55. The molecule has 1 aliphatic heterocycles. The van der Waals surface area contributed by atoms with Gasteiger partial charge in [-0.1, -0.05) is 0 Å². The number of piperidine rings is 1. The summed E-state index contributed by atoms with van der Waals surface area (Å²) in [6, 6.07) is -0.0243. The van der Waals surface area contributed by atoms with Gasteiger partial charge in [-0.25, -0.2) is 12.7 Å². The average Bonchev–Trinajstić information content (AvgIpc) is 2.25. The fourth-order valence-corrected chi connectivity index (χ4v) is 3.32. The van der Waals surface area contributed by atoms with Crippen LogP contribution in [-0.4, -0.2) is 50.3 Å². The number of ether oxygens (including phenoxy) is 1. The fraction of sp³-hybridized carbons (Fsp3) is 1.00. The summed E-state index contributed by atoms with van der Waals surface area (Å²) in [6.45, 7) is 7.78. The molecule has 6 heteroatoms. The highest BCUT2D eigenvalue weighted by Gasteiger charge is 2.27. The molecule has 1 saturated heterocycles. The van der Waals surface area contributed by atoms with E-state index < -0.39 is 10.0 Å². The Balaban J connectivity index is 2.40. The van der Waals surface area contributed by atoms with Crippen molar-refractivity contribution in [1.29, 1.82) is 0 Å². The lowest BCUT2D eigenvalue weighted by atomic mass is 9.93. The topological polar surface area (TPSA) is 72.6 Å². The van der Waals surface area contributed by atoms with Crippen LogP contribution in [0.5, 0.6) is 0 Å². The molecule has 0 aliphatic carbocycles. The highest BCUT2D eigenvalue weighted by Crippen LogP contribution is 2.22. The Morgan fingerprint density at radius 3 is 2.58 bits per heavy atom. The summed E-state index contributed by atoms with van der Waals surface area (Å²) in [5.74, 6) is 0.349. The molecule has 0 amide bonds. The summed E-state index contributed by atoms with van der Waals surface area (Å²) >= 11 is 0. The van der Waals surface area contributed by atoms with Gasteiger partial charge in [0.1, 0.15) is 0 Å². The van der Waals surface area contributed by atoms with E-state index in [0.29, 0.717) is 25.6 Å². The molecule has 0 bridgehead atoms. The van der Waals surface area contributed by atoms with Crippen molar-refractivity contribution in [1.82, 2.24) is 4.31 Å². The van der Waals surface area contributed by atoms with Gasteiger partial charge in [-0.15, -0.1) is 0 Å². The van der Waals surface area contributed by atoms with Crippen LogP contribution in [0.25, 0.3) is 0 Å². The lowest BCUT2D eigenvalue weighted by Gasteiger charge is -2.32. The van der Waals surface area contributed by atoms with E-state index in [2.05, 4.69) is 0 Å². The minimum absolute atomic E-state index is 0.0243. The number of nitrogens with zero attached hydrogens (tertiary/aromatic N) is 1. The van der Waals surface area contributed by atoms with E-state index in [1.54, 1.807) is 4.31 Å². The van der Waals surface area contributed by atoms with E-state index in [1.165, 1.54) is 6.26 Å². The van der Waals surface area contributed by atoms with E-state index in [4.69, 9.17) is 10.5 Å². The van der Waals surface area contributed by atoms with Gasteiger partial charge in [0.25, 0.3) is 0 Å². The number of rotatable bonds is 5. The second kappa shape index (κ2) is 6.52. The Morgan fingerprint density at radius 1 is 1.42 bits per heavy atom. The predicted octanol–water partition coefficient (Wildman–Crippen LogP) is 1.19. The standard InChI is InChI=1S/C13H28N2O3S/c1-13(2,3)18-10-12(14)8-11-6-5-7-15(9-11)19(4,16)17/h11-12H,5-10,14H2,1-4H3. The summed E-state index contributed by atoms with van der Waals surface area (Å²) in [5, 5.41) is 0. The lowest BCUT2D eigenvalue weighted by molar-refractivity contribution is -0.0131. The zero-order valence-corrected chi connectivity index (χ0v) is 13.4. The van der Waals surface area contributed by atoms with Crippen LogP contribution in [0.3, 0.4) is 0 Å². The van der Waals surface area contributed by atoms with Crippen LogP contribution in [0, 0.1) is 5.92 Å². The maximum atomic E-state index is 11.5. The van der Waals surface area contributed by atoms with Crippen molar-refractivity contribution >= 4 is 10.0 Å². The van der Waals surface area contributed by atoms with Crippen LogP contribution in [0.4, 0.5) is 0 Å². The van der Waals surface area contributed by atoms with Gasteiger partial charge in [-0.05, 0) is 46.0 Å². The van der Waals surface area contributed by atoms with Crippen LogP contribution in [0.1, 0.15) is 40.0 Å². The average molecular weight is 292 g/mol. The molecule has 114 valence electrons. The van der Waals surface area contributed by atoms with Gasteiger partial charge in [-0.3, -0.25) is 0 Å². The highest BCUT2D eigenvalue weighted by atomic mass is 32.2. The third kappa shape index (κ3) is 6.70. The lowest BCUT2D eigenvalue weighted by Crippen LogP contribution is -2.42. The van der Waals surface area contributed by atoms with Gasteiger partial charge < -0.3 is 10.5 Å². The van der Waals surface area contributed by atoms with Crippen LogP contribution in [0.2, 0.25) is 0 Å². The van der Waals surface area contributed by atoms with Gasteiger partial charge in [0.15, 0.2) is 0 Å². The Bertz CT molecular complexity index is 376. The van der Waals surface area contributed by atoms with Gasteiger partial charge in [-0.2, -0.15) is 0 Å². The molecule has 0 aromatic rings. The molecule has 5 nitrogen and oxygen atoms in total. The van der Waals surface area contributed by atoms with Gasteiger partial charge >= 0.3 is 0 Å². The summed E-state index contributed by atoms with van der Waals surface area (Å²) in [4.78, 5) is 0. The van der Waals surface area contributed by atoms with Gasteiger partial charge in [0.2, 0.25) is 10.0 Å². The van der Waals surface area contributed by atoms with Crippen LogP contribution in [-0.2, 0) is 14.8 Å². The fourth-order valence-electron chi connectivity index (χ4n) is 2.37. The zero-order valence-electron chi connectivity index (χ0n) is 12.6. The quantitative estimate of drug-likeness (QED) is 0.826. The number of hydrogen-bond acceptors (Lipinski definition) is 4. The summed E-state index contributed by atoms with van der Waals surface area (Å²) < 4.78 is 30.3. The summed E-state index contributed by atoms with van der Waals surface area (Å²) in [5.41, 5.74) is 5.90. The van der Waals surface area contributed by atoms with E-state index in [9.17, 15) is 8.42 Å². The van der Waals surface area contributed by atoms with Crippen molar-refractivity contribution in [3.63, 3.8) is 0 Å². The van der Waals surface area contributed by atoms with E-state index in [-0.39, 0.29) is 11.6 Å². The molecule has 19 heavy (non-hydrogen) atoms. The van der Waals surface area contributed by atoms with Crippen molar-refractivity contribution in [3.8, 4) is 0 Å². The second-order valence-corrected chi connectivity index (χ2v) is 8.53. The molecule has 0 radical (unpaired) electrons. The SMILES string of the molecule is CC(C)(C)OCC(N)CC1CCCN(S(C)(=O)=O)C1. The molecule has 0 spiro atoms. The minimum Gasteiger partial charge on any atom is -0.374 e.